The molecular formula is C7H10N2O3. The number of hydrogen-bond donors (Lipinski definition) is 3. The summed E-state index contributed by atoms with van der Waals surface area (Å²) in [5.41, 5.74) is 0.839. The standard InChI is InChI=1S/C7H10N2O3/c1-2-4-6(7(11)12)5(3-10)9-8-4/h10H,2-3H2,1H3,(H,8,9)(H,11,12). The van der Waals surface area contributed by atoms with Crippen molar-refractivity contribution in [3.05, 3.63) is 17.0 Å². The molecule has 0 fully saturated rings. The summed E-state index contributed by atoms with van der Waals surface area (Å²) in [4.78, 5) is 10.7. The molecule has 0 aliphatic carbocycles. The Bertz CT molecular complexity index is 271. The third-order valence-electron chi connectivity index (χ3n) is 1.62. The van der Waals surface area contributed by atoms with E-state index in [-0.39, 0.29) is 17.9 Å². The van der Waals surface area contributed by atoms with Crippen LogP contribution in [0.15, 0.2) is 0 Å². The van der Waals surface area contributed by atoms with Gasteiger partial charge in [0, 0.05) is 0 Å². The molecule has 0 aromatic carbocycles. The second-order valence-corrected chi connectivity index (χ2v) is 2.34. The molecule has 0 aliphatic rings. The van der Waals surface area contributed by atoms with Gasteiger partial charge < -0.3 is 10.2 Å². The minimum atomic E-state index is -1.05. The van der Waals surface area contributed by atoms with E-state index in [9.17, 15) is 4.79 Å². The predicted molar refractivity (Wildman–Crippen MR) is 40.8 cm³/mol. The first-order valence-corrected chi connectivity index (χ1v) is 3.61. The highest BCUT2D eigenvalue weighted by molar-refractivity contribution is 5.90. The van der Waals surface area contributed by atoms with E-state index in [4.69, 9.17) is 10.2 Å². The van der Waals surface area contributed by atoms with E-state index in [1.54, 1.807) is 0 Å². The van der Waals surface area contributed by atoms with E-state index in [0.717, 1.165) is 0 Å². The number of aromatic amines is 1. The van der Waals surface area contributed by atoms with Crippen LogP contribution in [0, 0.1) is 0 Å². The fourth-order valence-corrected chi connectivity index (χ4v) is 1.04. The molecule has 1 rings (SSSR count). The molecule has 1 aromatic rings. The van der Waals surface area contributed by atoms with Crippen LogP contribution in [0.5, 0.6) is 0 Å². The minimum absolute atomic E-state index is 0.0972. The van der Waals surface area contributed by atoms with E-state index in [2.05, 4.69) is 10.2 Å². The number of carboxylic acids is 1. The highest BCUT2D eigenvalue weighted by Crippen LogP contribution is 2.11. The van der Waals surface area contributed by atoms with Crippen LogP contribution in [0.1, 0.15) is 28.7 Å². The molecule has 66 valence electrons. The van der Waals surface area contributed by atoms with Gasteiger partial charge in [0.2, 0.25) is 0 Å². The average molecular weight is 170 g/mol. The predicted octanol–water partition coefficient (Wildman–Crippen LogP) is 0.163. The Morgan fingerprint density at radius 1 is 1.67 bits per heavy atom. The van der Waals surface area contributed by atoms with E-state index in [0.29, 0.717) is 12.1 Å². The van der Waals surface area contributed by atoms with Crippen molar-refractivity contribution in [2.24, 2.45) is 0 Å². The topological polar surface area (TPSA) is 86.2 Å². The molecule has 5 nitrogen and oxygen atoms in total. The van der Waals surface area contributed by atoms with Gasteiger partial charge in [-0.2, -0.15) is 5.10 Å². The first-order valence-electron chi connectivity index (χ1n) is 3.61. The molecule has 0 radical (unpaired) electrons. The number of H-pyrrole nitrogens is 1. The number of aromatic nitrogens is 2. The maximum Gasteiger partial charge on any atom is 0.339 e. The molecule has 0 saturated carbocycles. The van der Waals surface area contributed by atoms with Crippen LogP contribution in [-0.2, 0) is 13.0 Å². The Labute approximate surface area is 69.0 Å². The first-order chi connectivity index (χ1) is 5.70. The van der Waals surface area contributed by atoms with Crippen molar-refractivity contribution in [1.29, 1.82) is 0 Å². The molecule has 3 N–H and O–H groups in total. The Morgan fingerprint density at radius 2 is 2.33 bits per heavy atom. The second-order valence-electron chi connectivity index (χ2n) is 2.34. The number of aliphatic hydroxyl groups excluding tert-OH is 1. The first kappa shape index (κ1) is 8.73. The van der Waals surface area contributed by atoms with Crippen LogP contribution in [0.2, 0.25) is 0 Å². The molecule has 0 spiro atoms. The van der Waals surface area contributed by atoms with Gasteiger partial charge in [-0.3, -0.25) is 5.10 Å². The van der Waals surface area contributed by atoms with Gasteiger partial charge in [-0.1, -0.05) is 6.92 Å². The van der Waals surface area contributed by atoms with Crippen molar-refractivity contribution in [2.45, 2.75) is 20.0 Å². The zero-order valence-electron chi connectivity index (χ0n) is 6.66. The van der Waals surface area contributed by atoms with E-state index in [1.807, 2.05) is 6.92 Å². The van der Waals surface area contributed by atoms with E-state index >= 15 is 0 Å². The van der Waals surface area contributed by atoms with Gasteiger partial charge in [-0.25, -0.2) is 4.79 Å². The molecule has 0 aliphatic heterocycles. The summed E-state index contributed by atoms with van der Waals surface area (Å²) in [5, 5.41) is 23.7. The minimum Gasteiger partial charge on any atom is -0.478 e. The van der Waals surface area contributed by atoms with E-state index in [1.165, 1.54) is 0 Å². The maximum absolute atomic E-state index is 10.7. The fraction of sp³-hybridized carbons (Fsp3) is 0.429. The number of nitrogens with one attached hydrogen (secondary N) is 1. The molecule has 0 amide bonds. The van der Waals surface area contributed by atoms with Crippen molar-refractivity contribution < 1.29 is 15.0 Å². The number of aryl methyl sites for hydroxylation is 1. The number of aromatic carboxylic acids is 1. The van der Waals surface area contributed by atoms with Crippen LogP contribution in [0.3, 0.4) is 0 Å². The lowest BCUT2D eigenvalue weighted by Gasteiger charge is -1.94. The summed E-state index contributed by atoms with van der Waals surface area (Å²) in [6.45, 7) is 1.48. The van der Waals surface area contributed by atoms with Crippen LogP contribution < -0.4 is 0 Å². The molecule has 0 unspecified atom stereocenters. The van der Waals surface area contributed by atoms with Crippen LogP contribution in [0.4, 0.5) is 0 Å². The van der Waals surface area contributed by atoms with Gasteiger partial charge >= 0.3 is 5.97 Å². The van der Waals surface area contributed by atoms with Crippen molar-refractivity contribution in [3.63, 3.8) is 0 Å². The average Bonchev–Trinajstić information content (AvgIpc) is 2.46. The number of carbonyl (C=O) groups is 1. The Hall–Kier alpha value is -1.36. The Morgan fingerprint density at radius 3 is 2.75 bits per heavy atom. The number of carboxylic acid groups (broad SMARTS) is 1. The summed E-state index contributed by atoms with van der Waals surface area (Å²) >= 11 is 0. The Kier molecular flexibility index (Phi) is 2.44. The zero-order valence-corrected chi connectivity index (χ0v) is 6.66. The lowest BCUT2D eigenvalue weighted by Crippen LogP contribution is -2.03. The molecular weight excluding hydrogens is 160 g/mol. The lowest BCUT2D eigenvalue weighted by molar-refractivity contribution is 0.0692. The Balaban J connectivity index is 3.16. The largest absolute Gasteiger partial charge is 0.478 e. The summed E-state index contributed by atoms with van der Waals surface area (Å²) < 4.78 is 0. The lowest BCUT2D eigenvalue weighted by atomic mass is 10.1. The van der Waals surface area contributed by atoms with Gasteiger partial charge in [-0.15, -0.1) is 0 Å². The molecule has 5 heteroatoms. The SMILES string of the molecule is CCc1n[nH]c(CO)c1C(=O)O. The van der Waals surface area contributed by atoms with Gasteiger partial charge in [0.15, 0.2) is 0 Å². The van der Waals surface area contributed by atoms with Gasteiger partial charge in [0.1, 0.15) is 5.56 Å². The summed E-state index contributed by atoms with van der Waals surface area (Å²) in [6, 6.07) is 0. The van der Waals surface area contributed by atoms with Gasteiger partial charge in [-0.05, 0) is 6.42 Å². The number of rotatable bonds is 3. The van der Waals surface area contributed by atoms with Crippen molar-refractivity contribution in [3.8, 4) is 0 Å². The molecule has 1 aromatic heterocycles. The van der Waals surface area contributed by atoms with Crippen LogP contribution in [0.25, 0.3) is 0 Å². The van der Waals surface area contributed by atoms with Crippen LogP contribution >= 0.6 is 0 Å². The molecule has 0 atom stereocenters. The van der Waals surface area contributed by atoms with E-state index < -0.39 is 5.97 Å². The molecule has 12 heavy (non-hydrogen) atoms. The second kappa shape index (κ2) is 3.36. The number of nitrogens with zero attached hydrogens (tertiary/aromatic N) is 1. The normalized spacial score (nSPS) is 10.2. The third-order valence-corrected chi connectivity index (χ3v) is 1.62. The van der Waals surface area contributed by atoms with Crippen molar-refractivity contribution in [1.82, 2.24) is 10.2 Å². The quantitative estimate of drug-likeness (QED) is 0.603. The highest BCUT2D eigenvalue weighted by atomic mass is 16.4. The fourth-order valence-electron chi connectivity index (χ4n) is 1.04. The summed E-state index contributed by atoms with van der Waals surface area (Å²) in [5.74, 6) is -1.05. The third kappa shape index (κ3) is 1.31. The van der Waals surface area contributed by atoms with Crippen molar-refractivity contribution >= 4 is 5.97 Å². The van der Waals surface area contributed by atoms with Gasteiger partial charge in [0.25, 0.3) is 0 Å². The van der Waals surface area contributed by atoms with Crippen LogP contribution in [-0.4, -0.2) is 26.4 Å². The number of hydrogen-bond acceptors (Lipinski definition) is 3. The molecule has 0 bridgehead atoms. The summed E-state index contributed by atoms with van der Waals surface area (Å²) in [7, 11) is 0. The maximum atomic E-state index is 10.7. The smallest absolute Gasteiger partial charge is 0.339 e. The monoisotopic (exact) mass is 170 g/mol. The molecule has 1 heterocycles. The highest BCUT2D eigenvalue weighted by Gasteiger charge is 2.17. The number of aliphatic hydroxyl groups is 1. The van der Waals surface area contributed by atoms with Crippen molar-refractivity contribution in [2.75, 3.05) is 0 Å². The zero-order chi connectivity index (χ0) is 9.14. The van der Waals surface area contributed by atoms with Gasteiger partial charge in [0.05, 0.1) is 18.0 Å². The summed E-state index contributed by atoms with van der Waals surface area (Å²) in [6.07, 6.45) is 0.540. The molecule has 0 saturated heterocycles.